The average Bonchev–Trinajstić information content (AvgIpc) is 3.63. The Morgan fingerprint density at radius 2 is 2.03 bits per heavy atom. The summed E-state index contributed by atoms with van der Waals surface area (Å²) < 4.78 is 7.42. The van der Waals surface area contributed by atoms with Crippen LogP contribution in [0.2, 0.25) is 5.02 Å². The number of amides is 2. The van der Waals surface area contributed by atoms with Crippen molar-refractivity contribution < 1.29 is 14.0 Å². The molecule has 4 rings (SSSR count). The maximum atomic E-state index is 12.9. The summed E-state index contributed by atoms with van der Waals surface area (Å²) in [6.45, 7) is 3.65. The van der Waals surface area contributed by atoms with E-state index in [2.05, 4.69) is 36.4 Å². The molecule has 0 spiro atoms. The van der Waals surface area contributed by atoms with E-state index in [4.69, 9.17) is 16.0 Å². The number of halogens is 1. The summed E-state index contributed by atoms with van der Waals surface area (Å²) in [5.41, 5.74) is 2.45. The molecule has 0 bridgehead atoms. The van der Waals surface area contributed by atoms with Gasteiger partial charge in [-0.2, -0.15) is 4.68 Å². The zero-order valence-electron chi connectivity index (χ0n) is 20.7. The highest BCUT2D eigenvalue weighted by molar-refractivity contribution is 6.30. The van der Waals surface area contributed by atoms with E-state index in [-0.39, 0.29) is 23.6 Å². The number of allylic oxidation sites excluding steroid dienone is 1. The third kappa shape index (κ3) is 6.56. The fourth-order valence-corrected chi connectivity index (χ4v) is 3.70. The molecule has 2 aromatic heterocycles. The van der Waals surface area contributed by atoms with Gasteiger partial charge in [0, 0.05) is 23.1 Å². The summed E-state index contributed by atoms with van der Waals surface area (Å²) in [6.07, 6.45) is 8.98. The minimum absolute atomic E-state index is 0.134. The highest BCUT2D eigenvalue weighted by atomic mass is 35.5. The molecule has 0 unspecified atom stereocenters. The van der Waals surface area contributed by atoms with Crippen LogP contribution in [-0.4, -0.2) is 42.2 Å². The van der Waals surface area contributed by atoms with E-state index in [1.54, 1.807) is 49.4 Å². The summed E-state index contributed by atoms with van der Waals surface area (Å²) in [6, 6.07) is 11.7. The zero-order chi connectivity index (χ0) is 26.9. The normalized spacial score (nSPS) is 12.2. The summed E-state index contributed by atoms with van der Waals surface area (Å²) >= 11 is 6.16. The molecule has 4 aromatic rings. The molecule has 2 N–H and O–H groups in total. The van der Waals surface area contributed by atoms with Crippen LogP contribution in [0.15, 0.2) is 71.4 Å². The molecular weight excluding hydrogens is 508 g/mol. The molecule has 0 aliphatic carbocycles. The summed E-state index contributed by atoms with van der Waals surface area (Å²) in [5, 5.41) is 25.8. The Kier molecular flexibility index (Phi) is 8.73. The molecule has 11 nitrogen and oxygen atoms in total. The molecule has 1 atom stereocenters. The fourth-order valence-electron chi connectivity index (χ4n) is 3.52. The number of tetrazole rings is 1. The smallest absolute Gasteiger partial charge is 0.249 e. The van der Waals surface area contributed by atoms with Crippen LogP contribution in [0, 0.1) is 0 Å². The lowest BCUT2D eigenvalue weighted by molar-refractivity contribution is -0.117. The summed E-state index contributed by atoms with van der Waals surface area (Å²) in [5.74, 6) is -0.0523. The SMILES string of the molecule is C/C=C/C[C@H](NC(=O)/C=C/c1cc(Cl)ccc1-n1cnnn1)c1nnc(-c2ccccc2NC(=O)CC)o1. The number of para-hydroxylation sites is 1. The molecule has 12 heteroatoms. The summed E-state index contributed by atoms with van der Waals surface area (Å²) in [4.78, 5) is 24.8. The van der Waals surface area contributed by atoms with Crippen LogP contribution in [0.25, 0.3) is 23.2 Å². The van der Waals surface area contributed by atoms with E-state index < -0.39 is 6.04 Å². The summed E-state index contributed by atoms with van der Waals surface area (Å²) in [7, 11) is 0. The van der Waals surface area contributed by atoms with Gasteiger partial charge >= 0.3 is 0 Å². The number of anilines is 1. The first-order valence-electron chi connectivity index (χ1n) is 11.8. The Balaban J connectivity index is 1.55. The first-order chi connectivity index (χ1) is 18.5. The third-order valence-corrected chi connectivity index (χ3v) is 5.65. The minimum atomic E-state index is -0.583. The second kappa shape index (κ2) is 12.5. The Morgan fingerprint density at radius 1 is 1.18 bits per heavy atom. The van der Waals surface area contributed by atoms with Crippen molar-refractivity contribution in [3.63, 3.8) is 0 Å². The van der Waals surface area contributed by atoms with Gasteiger partial charge in [-0.1, -0.05) is 42.8 Å². The third-order valence-electron chi connectivity index (χ3n) is 5.42. The van der Waals surface area contributed by atoms with Gasteiger partial charge in [0.15, 0.2) is 0 Å². The fraction of sp³-hybridized carbons (Fsp3) is 0.192. The molecular formula is C26H25ClN8O3. The van der Waals surface area contributed by atoms with Crippen LogP contribution in [0.4, 0.5) is 5.69 Å². The van der Waals surface area contributed by atoms with Crippen molar-refractivity contribution in [2.24, 2.45) is 0 Å². The predicted octanol–water partition coefficient (Wildman–Crippen LogP) is 4.55. The number of carbonyl (C=O) groups excluding carboxylic acids is 2. The van der Waals surface area contributed by atoms with Gasteiger partial charge in [0.2, 0.25) is 23.6 Å². The Hall–Kier alpha value is -4.64. The Bertz CT molecular complexity index is 1460. The molecule has 38 heavy (non-hydrogen) atoms. The van der Waals surface area contributed by atoms with Gasteiger partial charge in [0.05, 0.1) is 16.9 Å². The molecule has 2 amide bonds. The van der Waals surface area contributed by atoms with Gasteiger partial charge in [-0.05, 0) is 60.2 Å². The Morgan fingerprint density at radius 3 is 2.79 bits per heavy atom. The maximum absolute atomic E-state index is 12.9. The van der Waals surface area contributed by atoms with E-state index >= 15 is 0 Å². The van der Waals surface area contributed by atoms with Crippen molar-refractivity contribution in [3.05, 3.63) is 83.5 Å². The van der Waals surface area contributed by atoms with E-state index in [0.717, 1.165) is 0 Å². The van der Waals surface area contributed by atoms with E-state index in [9.17, 15) is 9.59 Å². The number of nitrogens with one attached hydrogen (secondary N) is 2. The van der Waals surface area contributed by atoms with Crippen molar-refractivity contribution in [2.45, 2.75) is 32.7 Å². The molecule has 0 saturated heterocycles. The topological polar surface area (TPSA) is 141 Å². The first kappa shape index (κ1) is 26.4. The number of benzene rings is 2. The standard InChI is InChI=1S/C26H25ClN8O3/c1-3-5-9-21(26-32-31-25(38-26)19-8-6-7-10-20(19)29-23(36)4-2)30-24(37)14-11-17-15-18(27)12-13-22(17)35-16-28-33-34-35/h3,5-8,10-16,21H,4,9H2,1-2H3,(H,29,36)(H,30,37)/b5-3+,14-11+/t21-/m0/s1. The van der Waals surface area contributed by atoms with Gasteiger partial charge in [-0.15, -0.1) is 15.3 Å². The van der Waals surface area contributed by atoms with Crippen molar-refractivity contribution >= 4 is 35.2 Å². The van der Waals surface area contributed by atoms with Gasteiger partial charge in [0.25, 0.3) is 0 Å². The van der Waals surface area contributed by atoms with Crippen LogP contribution in [-0.2, 0) is 9.59 Å². The molecule has 0 aliphatic rings. The number of hydrogen-bond donors (Lipinski definition) is 2. The quantitative estimate of drug-likeness (QED) is 0.224. The molecule has 0 radical (unpaired) electrons. The van der Waals surface area contributed by atoms with Crippen LogP contribution < -0.4 is 10.6 Å². The molecule has 0 saturated carbocycles. The highest BCUT2D eigenvalue weighted by Gasteiger charge is 2.21. The highest BCUT2D eigenvalue weighted by Crippen LogP contribution is 2.29. The van der Waals surface area contributed by atoms with Gasteiger partial charge in [-0.25, -0.2) is 0 Å². The lowest BCUT2D eigenvalue weighted by atomic mass is 10.1. The molecule has 2 aromatic carbocycles. The van der Waals surface area contributed by atoms with Crippen LogP contribution in [0.5, 0.6) is 0 Å². The van der Waals surface area contributed by atoms with Gasteiger partial charge in [-0.3, -0.25) is 9.59 Å². The lowest BCUT2D eigenvalue weighted by Gasteiger charge is -2.12. The van der Waals surface area contributed by atoms with Gasteiger partial charge in [0.1, 0.15) is 12.4 Å². The monoisotopic (exact) mass is 532 g/mol. The van der Waals surface area contributed by atoms with Crippen molar-refractivity contribution in [3.8, 4) is 17.1 Å². The van der Waals surface area contributed by atoms with Crippen LogP contribution >= 0.6 is 11.6 Å². The van der Waals surface area contributed by atoms with Crippen molar-refractivity contribution in [2.75, 3.05) is 5.32 Å². The van der Waals surface area contributed by atoms with E-state index in [1.165, 1.54) is 17.1 Å². The molecule has 194 valence electrons. The number of rotatable bonds is 10. The molecule has 0 aliphatic heterocycles. The van der Waals surface area contributed by atoms with Crippen molar-refractivity contribution in [1.82, 2.24) is 35.7 Å². The number of nitrogens with zero attached hydrogens (tertiary/aromatic N) is 6. The second-order valence-corrected chi connectivity index (χ2v) is 8.49. The Labute approximate surface area is 223 Å². The predicted molar refractivity (Wildman–Crippen MR) is 142 cm³/mol. The first-order valence-corrected chi connectivity index (χ1v) is 12.2. The maximum Gasteiger partial charge on any atom is 0.249 e. The van der Waals surface area contributed by atoms with Crippen LogP contribution in [0.3, 0.4) is 0 Å². The molecule has 0 fully saturated rings. The molecule has 2 heterocycles. The number of carbonyl (C=O) groups is 2. The van der Waals surface area contributed by atoms with Gasteiger partial charge < -0.3 is 15.1 Å². The van der Waals surface area contributed by atoms with E-state index in [0.29, 0.717) is 40.4 Å². The zero-order valence-corrected chi connectivity index (χ0v) is 21.5. The average molecular weight is 533 g/mol. The van der Waals surface area contributed by atoms with Crippen LogP contribution in [0.1, 0.15) is 44.2 Å². The second-order valence-electron chi connectivity index (χ2n) is 8.05. The minimum Gasteiger partial charge on any atom is -0.418 e. The number of aromatic nitrogens is 6. The largest absolute Gasteiger partial charge is 0.418 e. The van der Waals surface area contributed by atoms with E-state index in [1.807, 2.05) is 25.1 Å². The number of hydrogen-bond acceptors (Lipinski definition) is 8. The lowest BCUT2D eigenvalue weighted by Crippen LogP contribution is -2.26. The van der Waals surface area contributed by atoms with Crippen molar-refractivity contribution in [1.29, 1.82) is 0 Å².